The molecule has 0 spiro atoms. The van der Waals surface area contributed by atoms with E-state index in [-0.39, 0.29) is 35.7 Å². The highest BCUT2D eigenvalue weighted by Gasteiger charge is 2.51. The lowest BCUT2D eigenvalue weighted by molar-refractivity contribution is -0.164. The molecule has 0 bridgehead atoms. The van der Waals surface area contributed by atoms with Crippen molar-refractivity contribution in [3.05, 3.63) is 0 Å². The first-order valence-electron chi connectivity index (χ1n) is 5.60. The van der Waals surface area contributed by atoms with E-state index in [9.17, 15) is 9.59 Å². The van der Waals surface area contributed by atoms with Crippen molar-refractivity contribution in [1.29, 1.82) is 0 Å². The van der Waals surface area contributed by atoms with Crippen LogP contribution in [0.4, 0.5) is 0 Å². The zero-order valence-electron chi connectivity index (χ0n) is 10.3. The third-order valence-corrected chi connectivity index (χ3v) is 3.97. The van der Waals surface area contributed by atoms with E-state index in [1.54, 1.807) is 11.9 Å². The fourth-order valence-corrected chi connectivity index (χ4v) is 2.58. The van der Waals surface area contributed by atoms with Crippen LogP contribution in [0.2, 0.25) is 0 Å². The van der Waals surface area contributed by atoms with Gasteiger partial charge in [0.15, 0.2) is 0 Å². The van der Waals surface area contributed by atoms with Crippen molar-refractivity contribution in [2.24, 2.45) is 11.8 Å². The summed E-state index contributed by atoms with van der Waals surface area (Å²) in [4.78, 5) is 25.0. The average Bonchev–Trinajstić information content (AvgIpc) is 2.31. The van der Waals surface area contributed by atoms with Gasteiger partial charge in [-0.1, -0.05) is 13.8 Å². The second-order valence-electron chi connectivity index (χ2n) is 4.42. The molecule has 1 heterocycles. The van der Waals surface area contributed by atoms with E-state index in [1.165, 1.54) is 0 Å². The molecule has 1 aliphatic rings. The molecule has 5 unspecified atom stereocenters. The summed E-state index contributed by atoms with van der Waals surface area (Å²) in [7, 11) is 3.93. The molecule has 0 N–H and O–H groups in total. The average molecular weight is 245 g/mol. The predicted molar refractivity (Wildman–Crippen MR) is 64.8 cm³/mol. The first-order valence-corrected chi connectivity index (χ1v) is 6.07. The van der Waals surface area contributed by atoms with Gasteiger partial charge >= 0.3 is 0 Å². The van der Waals surface area contributed by atoms with Crippen molar-refractivity contribution in [3.63, 3.8) is 0 Å². The lowest BCUT2D eigenvalue weighted by Crippen LogP contribution is -2.65. The molecule has 1 aliphatic heterocycles. The number of likely N-dealkylation sites (tertiary alicyclic amines) is 1. The number of ketones is 1. The molecule has 0 aromatic heterocycles. The van der Waals surface area contributed by atoms with Crippen molar-refractivity contribution >= 4 is 21.2 Å². The summed E-state index contributed by atoms with van der Waals surface area (Å²) in [5.41, 5.74) is 0. The maximum absolute atomic E-state index is 11.7. The van der Waals surface area contributed by atoms with Gasteiger partial charge in [-0.25, -0.2) is 0 Å². The first kappa shape index (κ1) is 13.6. The van der Waals surface area contributed by atoms with Crippen molar-refractivity contribution in [1.82, 2.24) is 4.90 Å². The fraction of sp³-hybridized carbons (Fsp3) is 0.818. The van der Waals surface area contributed by atoms with Gasteiger partial charge in [-0.3, -0.25) is 9.59 Å². The summed E-state index contributed by atoms with van der Waals surface area (Å²) in [6, 6.07) is -0.0181. The fourth-order valence-electron chi connectivity index (χ4n) is 2.41. The summed E-state index contributed by atoms with van der Waals surface area (Å²) < 4.78 is 5.12. The number of hydrogen-bond donors (Lipinski definition) is 0. The molecule has 0 saturated carbocycles. The van der Waals surface area contributed by atoms with Gasteiger partial charge in [0.25, 0.3) is 0 Å². The Balaban J connectivity index is 2.78. The maximum atomic E-state index is 11.7. The Kier molecular flexibility index (Phi) is 4.45. The first-order chi connectivity index (χ1) is 7.45. The number of carbonyl (C=O) groups excluding carboxylic acids is 2. The Bertz CT molecular complexity index is 295. The molecule has 0 aromatic rings. The standard InChI is InChI=1S/C11H20NO3P/c1-5-8(13)6(2)10-9(7(3)15-16)11(14)12(10)4/h6-7,9-10H,5,16H2,1-4H3. The lowest BCUT2D eigenvalue weighted by atomic mass is 9.75. The molecule has 1 saturated heterocycles. The number of amides is 1. The molecule has 16 heavy (non-hydrogen) atoms. The second-order valence-corrected chi connectivity index (χ2v) is 4.69. The Morgan fingerprint density at radius 1 is 1.56 bits per heavy atom. The van der Waals surface area contributed by atoms with Crippen LogP contribution in [0.15, 0.2) is 0 Å². The van der Waals surface area contributed by atoms with Crippen LogP contribution >= 0.6 is 9.47 Å². The van der Waals surface area contributed by atoms with Gasteiger partial charge in [-0.15, -0.1) is 0 Å². The second kappa shape index (κ2) is 5.24. The van der Waals surface area contributed by atoms with E-state index >= 15 is 0 Å². The van der Waals surface area contributed by atoms with Gasteiger partial charge in [-0.05, 0) is 6.92 Å². The van der Waals surface area contributed by atoms with E-state index in [0.717, 1.165) is 0 Å². The van der Waals surface area contributed by atoms with Crippen molar-refractivity contribution in [2.75, 3.05) is 7.05 Å². The highest BCUT2D eigenvalue weighted by atomic mass is 31.0. The zero-order chi connectivity index (χ0) is 12.5. The summed E-state index contributed by atoms with van der Waals surface area (Å²) >= 11 is 0. The van der Waals surface area contributed by atoms with E-state index in [1.807, 2.05) is 20.8 Å². The number of rotatable bonds is 5. The van der Waals surface area contributed by atoms with Crippen LogP contribution in [0.25, 0.3) is 0 Å². The Morgan fingerprint density at radius 2 is 2.12 bits per heavy atom. The van der Waals surface area contributed by atoms with Gasteiger partial charge in [0.2, 0.25) is 5.91 Å². The number of β-lactam (4-membered cyclic amide) rings is 1. The van der Waals surface area contributed by atoms with Gasteiger partial charge in [0.1, 0.15) is 5.78 Å². The number of carbonyl (C=O) groups is 2. The number of hydrogen-bond acceptors (Lipinski definition) is 3. The predicted octanol–water partition coefficient (Wildman–Crippen LogP) is 1.25. The minimum Gasteiger partial charge on any atom is -0.362 e. The van der Waals surface area contributed by atoms with Crippen molar-refractivity contribution in [3.8, 4) is 0 Å². The number of nitrogens with zero attached hydrogens (tertiary/aromatic N) is 1. The molecule has 5 heteroatoms. The minimum absolute atomic E-state index is 0.0181. The van der Waals surface area contributed by atoms with E-state index < -0.39 is 0 Å². The molecule has 1 amide bonds. The Morgan fingerprint density at radius 3 is 2.56 bits per heavy atom. The van der Waals surface area contributed by atoms with Crippen LogP contribution in [0, 0.1) is 11.8 Å². The maximum Gasteiger partial charge on any atom is 0.230 e. The Labute approximate surface area is 99.0 Å². The molecule has 1 fully saturated rings. The summed E-state index contributed by atoms with van der Waals surface area (Å²) in [6.45, 7) is 5.60. The molecular formula is C11H20NO3P. The van der Waals surface area contributed by atoms with E-state index in [2.05, 4.69) is 9.47 Å². The van der Waals surface area contributed by atoms with Gasteiger partial charge in [0, 0.05) is 28.9 Å². The van der Waals surface area contributed by atoms with Gasteiger partial charge in [-0.2, -0.15) is 0 Å². The monoisotopic (exact) mass is 245 g/mol. The Hall–Kier alpha value is -0.470. The van der Waals surface area contributed by atoms with Crippen LogP contribution in [-0.4, -0.2) is 35.8 Å². The zero-order valence-corrected chi connectivity index (χ0v) is 11.4. The molecular weight excluding hydrogens is 225 g/mol. The highest BCUT2D eigenvalue weighted by Crippen LogP contribution is 2.35. The molecule has 0 radical (unpaired) electrons. The molecule has 92 valence electrons. The summed E-state index contributed by atoms with van der Waals surface area (Å²) in [5, 5.41) is 0. The normalized spacial score (nSPS) is 28.6. The quantitative estimate of drug-likeness (QED) is 0.541. The van der Waals surface area contributed by atoms with E-state index in [0.29, 0.717) is 6.42 Å². The van der Waals surface area contributed by atoms with Gasteiger partial charge in [0.05, 0.1) is 18.1 Å². The van der Waals surface area contributed by atoms with Crippen LogP contribution in [0.5, 0.6) is 0 Å². The minimum atomic E-state index is -0.187. The summed E-state index contributed by atoms with van der Waals surface area (Å²) in [6.07, 6.45) is 0.355. The van der Waals surface area contributed by atoms with Crippen LogP contribution in [-0.2, 0) is 14.1 Å². The van der Waals surface area contributed by atoms with Crippen LogP contribution < -0.4 is 0 Å². The third kappa shape index (κ3) is 2.14. The smallest absolute Gasteiger partial charge is 0.230 e. The highest BCUT2D eigenvalue weighted by molar-refractivity contribution is 7.09. The molecule has 5 atom stereocenters. The molecule has 0 aliphatic carbocycles. The molecule has 4 nitrogen and oxygen atoms in total. The van der Waals surface area contributed by atoms with Crippen LogP contribution in [0.3, 0.4) is 0 Å². The van der Waals surface area contributed by atoms with E-state index in [4.69, 9.17) is 4.52 Å². The molecule has 0 aromatic carbocycles. The SMILES string of the molecule is CCC(=O)C(C)C1C(C(C)OP)C(=O)N1C. The number of Topliss-reactive ketones (excluding diaryl/α,β-unsaturated/α-hetero) is 1. The van der Waals surface area contributed by atoms with Crippen molar-refractivity contribution in [2.45, 2.75) is 39.3 Å². The molecule has 1 rings (SSSR count). The van der Waals surface area contributed by atoms with Crippen molar-refractivity contribution < 1.29 is 14.1 Å². The topological polar surface area (TPSA) is 46.6 Å². The lowest BCUT2D eigenvalue weighted by Gasteiger charge is -2.49. The third-order valence-electron chi connectivity index (χ3n) is 3.54. The largest absolute Gasteiger partial charge is 0.362 e. The summed E-state index contributed by atoms with van der Waals surface area (Å²) in [5.74, 6) is -0.0330. The van der Waals surface area contributed by atoms with Gasteiger partial charge < -0.3 is 9.42 Å². The van der Waals surface area contributed by atoms with Crippen LogP contribution in [0.1, 0.15) is 27.2 Å².